The molecule has 160 valence electrons. The van der Waals surface area contributed by atoms with Gasteiger partial charge >= 0.3 is 0 Å². The van der Waals surface area contributed by atoms with Crippen molar-refractivity contribution in [1.29, 1.82) is 0 Å². The molecule has 1 heterocycles. The van der Waals surface area contributed by atoms with Crippen molar-refractivity contribution in [3.8, 4) is 5.75 Å². The van der Waals surface area contributed by atoms with Crippen LogP contribution in [0.5, 0.6) is 5.75 Å². The highest BCUT2D eigenvalue weighted by Gasteiger charge is 2.28. The van der Waals surface area contributed by atoms with Crippen LogP contribution in [0, 0.1) is 6.92 Å². The second-order valence-corrected chi connectivity index (χ2v) is 9.86. The Hall–Kier alpha value is -3.07. The Labute approximate surface area is 176 Å². The summed E-state index contributed by atoms with van der Waals surface area (Å²) in [7, 11) is 0.0411. The maximum absolute atomic E-state index is 12.9. The number of amides is 2. The molecule has 0 unspecified atom stereocenters. The number of nitrogens with one attached hydrogen (secondary N) is 2. The number of anilines is 3. The number of carbonyl (C=O) groups excluding carboxylic acids is 2. The van der Waals surface area contributed by atoms with E-state index in [1.54, 1.807) is 6.07 Å². The molecule has 3 rings (SSSR count). The molecule has 2 N–H and O–H groups in total. The Balaban J connectivity index is 1.72. The van der Waals surface area contributed by atoms with E-state index in [-0.39, 0.29) is 23.8 Å². The average molecular weight is 432 g/mol. The second kappa shape index (κ2) is 8.35. The second-order valence-electron chi connectivity index (χ2n) is 7.50. The van der Waals surface area contributed by atoms with E-state index in [0.717, 1.165) is 11.3 Å². The number of rotatable bonds is 6. The SMILES string of the molecule is Cc1ccc(NC(=O)C[C@H](C)S(=O)(=O)c2ccc3c(c2)NC(=O)CO3)cc1N(C)C. The molecular weight excluding hydrogens is 406 g/mol. The average Bonchev–Trinajstić information content (AvgIpc) is 2.68. The van der Waals surface area contributed by atoms with Crippen LogP contribution in [0.25, 0.3) is 0 Å². The van der Waals surface area contributed by atoms with Gasteiger partial charge in [-0.25, -0.2) is 8.42 Å². The van der Waals surface area contributed by atoms with Crippen LogP contribution in [0.3, 0.4) is 0 Å². The molecule has 2 aromatic rings. The zero-order valence-electron chi connectivity index (χ0n) is 17.4. The molecule has 0 aromatic heterocycles. The Morgan fingerprint density at radius 1 is 1.23 bits per heavy atom. The lowest BCUT2D eigenvalue weighted by atomic mass is 10.1. The van der Waals surface area contributed by atoms with E-state index in [1.165, 1.54) is 25.1 Å². The predicted octanol–water partition coefficient (Wildman–Crippen LogP) is 2.58. The van der Waals surface area contributed by atoms with Gasteiger partial charge in [-0.1, -0.05) is 6.07 Å². The molecule has 0 radical (unpaired) electrons. The van der Waals surface area contributed by atoms with Crippen LogP contribution in [-0.2, 0) is 19.4 Å². The number of fused-ring (bicyclic) bond motifs is 1. The first-order valence-electron chi connectivity index (χ1n) is 9.46. The molecule has 9 heteroatoms. The van der Waals surface area contributed by atoms with Crippen LogP contribution in [0.2, 0.25) is 0 Å². The summed E-state index contributed by atoms with van der Waals surface area (Å²) in [5.41, 5.74) is 2.94. The number of benzene rings is 2. The quantitative estimate of drug-likeness (QED) is 0.728. The normalized spacial score (nSPS) is 14.2. The maximum Gasteiger partial charge on any atom is 0.262 e. The van der Waals surface area contributed by atoms with E-state index in [1.807, 2.05) is 38.1 Å². The summed E-state index contributed by atoms with van der Waals surface area (Å²) in [5, 5.41) is 4.41. The first kappa shape index (κ1) is 21.6. The van der Waals surface area contributed by atoms with Crippen molar-refractivity contribution < 1.29 is 22.7 Å². The van der Waals surface area contributed by atoms with Crippen LogP contribution < -0.4 is 20.3 Å². The molecule has 0 saturated carbocycles. The Kier molecular flexibility index (Phi) is 6.02. The summed E-state index contributed by atoms with van der Waals surface area (Å²) >= 11 is 0. The van der Waals surface area contributed by atoms with E-state index in [9.17, 15) is 18.0 Å². The van der Waals surface area contributed by atoms with Crippen LogP contribution in [0.15, 0.2) is 41.3 Å². The van der Waals surface area contributed by atoms with E-state index in [2.05, 4.69) is 10.6 Å². The third kappa shape index (κ3) is 4.56. The van der Waals surface area contributed by atoms with Gasteiger partial charge in [0.25, 0.3) is 5.91 Å². The van der Waals surface area contributed by atoms with Crippen molar-refractivity contribution >= 4 is 38.7 Å². The van der Waals surface area contributed by atoms with Gasteiger partial charge in [0.05, 0.1) is 15.8 Å². The number of hydrogen-bond acceptors (Lipinski definition) is 6. The highest BCUT2D eigenvalue weighted by atomic mass is 32.2. The molecule has 2 amide bonds. The van der Waals surface area contributed by atoms with Crippen LogP contribution in [0.4, 0.5) is 17.1 Å². The first-order valence-corrected chi connectivity index (χ1v) is 11.0. The molecule has 0 saturated heterocycles. The van der Waals surface area contributed by atoms with E-state index < -0.39 is 21.0 Å². The van der Waals surface area contributed by atoms with Crippen molar-refractivity contribution in [2.24, 2.45) is 0 Å². The van der Waals surface area contributed by atoms with E-state index in [4.69, 9.17) is 4.74 Å². The van der Waals surface area contributed by atoms with E-state index >= 15 is 0 Å². The summed E-state index contributed by atoms with van der Waals surface area (Å²) in [6, 6.07) is 9.81. The van der Waals surface area contributed by atoms with Gasteiger partial charge in [-0.2, -0.15) is 0 Å². The molecule has 0 fully saturated rings. The lowest BCUT2D eigenvalue weighted by molar-refractivity contribution is -0.118. The van der Waals surface area contributed by atoms with Gasteiger partial charge < -0.3 is 20.3 Å². The zero-order valence-corrected chi connectivity index (χ0v) is 18.2. The Bertz CT molecular complexity index is 1100. The number of sulfone groups is 1. The fraction of sp³-hybridized carbons (Fsp3) is 0.333. The lowest BCUT2D eigenvalue weighted by Gasteiger charge is -2.20. The van der Waals surface area contributed by atoms with Crippen LogP contribution >= 0.6 is 0 Å². The molecule has 0 bridgehead atoms. The number of ether oxygens (including phenoxy) is 1. The monoisotopic (exact) mass is 431 g/mol. The topological polar surface area (TPSA) is 105 Å². The molecular formula is C21H25N3O5S. The molecule has 30 heavy (non-hydrogen) atoms. The number of aryl methyl sites for hydroxylation is 1. The van der Waals surface area contributed by atoms with Gasteiger partial charge in [0.2, 0.25) is 5.91 Å². The summed E-state index contributed by atoms with van der Waals surface area (Å²) in [6.07, 6.45) is -0.201. The minimum absolute atomic E-state index is 0.0255. The molecule has 1 atom stereocenters. The van der Waals surface area contributed by atoms with Crippen molar-refractivity contribution in [1.82, 2.24) is 0 Å². The zero-order chi connectivity index (χ0) is 22.1. The molecule has 1 aliphatic rings. The van der Waals surface area contributed by atoms with Gasteiger partial charge in [-0.05, 0) is 49.7 Å². The summed E-state index contributed by atoms with van der Waals surface area (Å²) in [6.45, 7) is 3.36. The summed E-state index contributed by atoms with van der Waals surface area (Å²) in [5.74, 6) is -0.330. The third-order valence-corrected chi connectivity index (χ3v) is 7.03. The molecule has 2 aromatic carbocycles. The number of hydrogen-bond donors (Lipinski definition) is 2. The van der Waals surface area contributed by atoms with E-state index in [0.29, 0.717) is 17.1 Å². The van der Waals surface area contributed by atoms with Crippen LogP contribution in [0.1, 0.15) is 18.9 Å². The van der Waals surface area contributed by atoms with Crippen molar-refractivity contribution in [2.45, 2.75) is 30.4 Å². The minimum atomic E-state index is -3.78. The van der Waals surface area contributed by atoms with Gasteiger partial charge in [0, 0.05) is 31.9 Å². The minimum Gasteiger partial charge on any atom is -0.482 e. The lowest BCUT2D eigenvalue weighted by Crippen LogP contribution is -2.27. The Morgan fingerprint density at radius 2 is 1.97 bits per heavy atom. The van der Waals surface area contributed by atoms with Gasteiger partial charge in [-0.3, -0.25) is 9.59 Å². The number of carbonyl (C=O) groups is 2. The van der Waals surface area contributed by atoms with Crippen molar-refractivity contribution in [3.05, 3.63) is 42.0 Å². The summed E-state index contributed by atoms with van der Waals surface area (Å²) < 4.78 is 31.1. The molecule has 8 nitrogen and oxygen atoms in total. The van der Waals surface area contributed by atoms with Gasteiger partial charge in [-0.15, -0.1) is 0 Å². The van der Waals surface area contributed by atoms with Gasteiger partial charge in [0.15, 0.2) is 16.4 Å². The van der Waals surface area contributed by atoms with Gasteiger partial charge in [0.1, 0.15) is 5.75 Å². The Morgan fingerprint density at radius 3 is 2.67 bits per heavy atom. The van der Waals surface area contributed by atoms with Crippen molar-refractivity contribution in [2.75, 3.05) is 36.2 Å². The smallest absolute Gasteiger partial charge is 0.262 e. The summed E-state index contributed by atoms with van der Waals surface area (Å²) in [4.78, 5) is 25.9. The third-order valence-electron chi connectivity index (χ3n) is 4.89. The van der Waals surface area contributed by atoms with Crippen LogP contribution in [-0.4, -0.2) is 46.2 Å². The largest absolute Gasteiger partial charge is 0.482 e. The predicted molar refractivity (Wildman–Crippen MR) is 116 cm³/mol. The molecule has 0 spiro atoms. The molecule has 1 aliphatic heterocycles. The molecule has 0 aliphatic carbocycles. The highest BCUT2D eigenvalue weighted by Crippen LogP contribution is 2.32. The fourth-order valence-electron chi connectivity index (χ4n) is 3.22. The number of nitrogens with zero attached hydrogens (tertiary/aromatic N) is 1. The standard InChI is InChI=1S/C21H25N3O5S/c1-13-5-6-15(10-18(13)24(3)4)22-20(25)9-14(2)30(27,28)16-7-8-19-17(11-16)23-21(26)12-29-19/h5-8,10-11,14H,9,12H2,1-4H3,(H,22,25)(H,23,26)/t14-/m0/s1. The maximum atomic E-state index is 12.9. The highest BCUT2D eigenvalue weighted by molar-refractivity contribution is 7.92. The van der Waals surface area contributed by atoms with Crippen molar-refractivity contribution in [3.63, 3.8) is 0 Å². The first-order chi connectivity index (χ1) is 14.1. The fourth-order valence-corrected chi connectivity index (χ4v) is 4.60.